The Balaban J connectivity index is 2.71. The molecule has 0 saturated heterocycles. The van der Waals surface area contributed by atoms with Gasteiger partial charge in [-0.1, -0.05) is 23.7 Å². The van der Waals surface area contributed by atoms with E-state index >= 15 is 0 Å². The van der Waals surface area contributed by atoms with Crippen molar-refractivity contribution in [2.75, 3.05) is 20.2 Å². The van der Waals surface area contributed by atoms with Crippen LogP contribution in [0.4, 0.5) is 4.39 Å². The molecular formula is C10H13ClFNO. The molecule has 0 amide bonds. The molecule has 1 rings (SSSR count). The maximum absolute atomic E-state index is 13.4. The van der Waals surface area contributed by atoms with Crippen LogP contribution in [0.3, 0.4) is 0 Å². The number of aliphatic hydroxyl groups excluding tert-OH is 1. The van der Waals surface area contributed by atoms with E-state index in [0.29, 0.717) is 18.7 Å². The first-order valence-corrected chi connectivity index (χ1v) is 4.75. The number of halogens is 2. The summed E-state index contributed by atoms with van der Waals surface area (Å²) >= 11 is 5.63. The van der Waals surface area contributed by atoms with Crippen LogP contribution in [0.5, 0.6) is 0 Å². The molecule has 0 fully saturated rings. The van der Waals surface area contributed by atoms with Gasteiger partial charge in [0.2, 0.25) is 0 Å². The molecule has 1 aromatic rings. The third-order valence-corrected chi connectivity index (χ3v) is 2.25. The first-order chi connectivity index (χ1) is 6.65. The summed E-state index contributed by atoms with van der Waals surface area (Å²) in [4.78, 5) is 1.83. The fraction of sp³-hybridized carbons (Fsp3) is 0.400. The summed E-state index contributed by atoms with van der Waals surface area (Å²) in [7, 11) is 1.82. The standard InChI is InChI=1S/C10H13ClFNO/c1-13(5-6-14)7-8-3-2-4-9(11)10(8)12/h2-4,14H,5-7H2,1H3. The molecule has 0 heterocycles. The predicted molar refractivity (Wildman–Crippen MR) is 54.8 cm³/mol. The van der Waals surface area contributed by atoms with Crippen LogP contribution in [0.15, 0.2) is 18.2 Å². The fourth-order valence-electron chi connectivity index (χ4n) is 1.21. The van der Waals surface area contributed by atoms with Crippen molar-refractivity contribution in [1.29, 1.82) is 0 Å². The van der Waals surface area contributed by atoms with Crippen LogP contribution in [0, 0.1) is 5.82 Å². The predicted octanol–water partition coefficient (Wildman–Crippen LogP) is 1.90. The van der Waals surface area contributed by atoms with Gasteiger partial charge in [-0.3, -0.25) is 4.90 Å². The van der Waals surface area contributed by atoms with Crippen LogP contribution in [0.1, 0.15) is 5.56 Å². The van der Waals surface area contributed by atoms with E-state index in [1.165, 1.54) is 6.07 Å². The van der Waals surface area contributed by atoms with Crippen molar-refractivity contribution in [1.82, 2.24) is 4.90 Å². The van der Waals surface area contributed by atoms with Gasteiger partial charge in [-0.05, 0) is 13.1 Å². The van der Waals surface area contributed by atoms with Gasteiger partial charge >= 0.3 is 0 Å². The third kappa shape index (κ3) is 2.94. The molecule has 0 radical (unpaired) electrons. The van der Waals surface area contributed by atoms with E-state index in [1.807, 2.05) is 11.9 Å². The highest BCUT2D eigenvalue weighted by Gasteiger charge is 2.07. The number of nitrogens with zero attached hydrogens (tertiary/aromatic N) is 1. The van der Waals surface area contributed by atoms with E-state index in [2.05, 4.69) is 0 Å². The third-order valence-electron chi connectivity index (χ3n) is 1.95. The van der Waals surface area contributed by atoms with Crippen molar-refractivity contribution < 1.29 is 9.50 Å². The zero-order chi connectivity index (χ0) is 10.6. The number of rotatable bonds is 4. The van der Waals surface area contributed by atoms with Gasteiger partial charge in [0.1, 0.15) is 5.82 Å². The second-order valence-corrected chi connectivity index (χ2v) is 3.58. The molecule has 0 unspecified atom stereocenters. The smallest absolute Gasteiger partial charge is 0.146 e. The minimum absolute atomic E-state index is 0.0681. The molecule has 78 valence electrons. The van der Waals surface area contributed by atoms with Gasteiger partial charge in [0.05, 0.1) is 11.6 Å². The second kappa shape index (κ2) is 5.29. The van der Waals surface area contributed by atoms with Gasteiger partial charge in [-0.25, -0.2) is 4.39 Å². The van der Waals surface area contributed by atoms with Gasteiger partial charge in [0.15, 0.2) is 0 Å². The Morgan fingerprint density at radius 2 is 2.21 bits per heavy atom. The zero-order valence-electron chi connectivity index (χ0n) is 8.00. The minimum atomic E-state index is -0.376. The molecule has 2 nitrogen and oxygen atoms in total. The van der Waals surface area contributed by atoms with Gasteiger partial charge in [-0.15, -0.1) is 0 Å². The highest BCUT2D eigenvalue weighted by Crippen LogP contribution is 2.18. The lowest BCUT2D eigenvalue weighted by atomic mass is 10.2. The van der Waals surface area contributed by atoms with Gasteiger partial charge in [0, 0.05) is 18.7 Å². The van der Waals surface area contributed by atoms with E-state index in [-0.39, 0.29) is 17.4 Å². The zero-order valence-corrected chi connectivity index (χ0v) is 8.76. The number of hydrogen-bond acceptors (Lipinski definition) is 2. The Morgan fingerprint density at radius 3 is 2.86 bits per heavy atom. The quantitative estimate of drug-likeness (QED) is 0.833. The first-order valence-electron chi connectivity index (χ1n) is 4.37. The van der Waals surface area contributed by atoms with Crippen LogP contribution in [-0.4, -0.2) is 30.2 Å². The van der Waals surface area contributed by atoms with E-state index in [1.54, 1.807) is 12.1 Å². The molecule has 1 N–H and O–H groups in total. The van der Waals surface area contributed by atoms with Gasteiger partial charge in [-0.2, -0.15) is 0 Å². The Morgan fingerprint density at radius 1 is 1.50 bits per heavy atom. The lowest BCUT2D eigenvalue weighted by molar-refractivity contribution is 0.216. The van der Waals surface area contributed by atoms with Gasteiger partial charge < -0.3 is 5.11 Å². The molecule has 0 aromatic heterocycles. The second-order valence-electron chi connectivity index (χ2n) is 3.17. The molecule has 0 spiro atoms. The minimum Gasteiger partial charge on any atom is -0.395 e. The van der Waals surface area contributed by atoms with Crippen molar-refractivity contribution in [3.8, 4) is 0 Å². The maximum Gasteiger partial charge on any atom is 0.146 e. The van der Waals surface area contributed by atoms with Crippen LogP contribution < -0.4 is 0 Å². The summed E-state index contributed by atoms with van der Waals surface area (Å²) in [6.45, 7) is 1.04. The summed E-state index contributed by atoms with van der Waals surface area (Å²) in [5, 5.41) is 8.82. The average Bonchev–Trinajstić information content (AvgIpc) is 2.13. The molecule has 4 heteroatoms. The largest absolute Gasteiger partial charge is 0.395 e. The number of benzene rings is 1. The Bertz CT molecular complexity index is 306. The summed E-state index contributed by atoms with van der Waals surface area (Å²) in [6, 6.07) is 4.93. The van der Waals surface area contributed by atoms with Crippen molar-refractivity contribution >= 4 is 11.6 Å². The van der Waals surface area contributed by atoms with E-state index in [4.69, 9.17) is 16.7 Å². The van der Waals surface area contributed by atoms with Crippen LogP contribution in [0.25, 0.3) is 0 Å². The summed E-state index contributed by atoms with van der Waals surface area (Å²) in [5.74, 6) is -0.376. The monoisotopic (exact) mass is 217 g/mol. The van der Waals surface area contributed by atoms with Crippen molar-refractivity contribution in [2.45, 2.75) is 6.54 Å². The Labute approximate surface area is 87.9 Å². The van der Waals surface area contributed by atoms with Crippen LogP contribution in [0.2, 0.25) is 5.02 Å². The molecule has 0 aliphatic heterocycles. The molecule has 0 saturated carbocycles. The maximum atomic E-state index is 13.4. The average molecular weight is 218 g/mol. The SMILES string of the molecule is CN(CCO)Cc1cccc(Cl)c1F. The summed E-state index contributed by atoms with van der Waals surface area (Å²) < 4.78 is 13.4. The molecule has 1 aromatic carbocycles. The number of hydrogen-bond donors (Lipinski definition) is 1. The Hall–Kier alpha value is -0.640. The highest BCUT2D eigenvalue weighted by atomic mass is 35.5. The summed E-state index contributed by atoms with van der Waals surface area (Å²) in [5.41, 5.74) is 0.549. The first kappa shape index (κ1) is 11.4. The van der Waals surface area contributed by atoms with Crippen molar-refractivity contribution in [3.05, 3.63) is 34.6 Å². The van der Waals surface area contributed by atoms with Crippen LogP contribution in [-0.2, 0) is 6.54 Å². The van der Waals surface area contributed by atoms with E-state index in [0.717, 1.165) is 0 Å². The molecule has 0 aliphatic carbocycles. The lowest BCUT2D eigenvalue weighted by Gasteiger charge is -2.15. The number of likely N-dealkylation sites (N-methyl/N-ethyl adjacent to an activating group) is 1. The normalized spacial score (nSPS) is 10.9. The lowest BCUT2D eigenvalue weighted by Crippen LogP contribution is -2.22. The summed E-state index contributed by atoms with van der Waals surface area (Å²) in [6.07, 6.45) is 0. The van der Waals surface area contributed by atoms with Gasteiger partial charge in [0.25, 0.3) is 0 Å². The number of aliphatic hydroxyl groups is 1. The molecule has 0 bridgehead atoms. The van der Waals surface area contributed by atoms with Crippen molar-refractivity contribution in [2.24, 2.45) is 0 Å². The van der Waals surface area contributed by atoms with Crippen LogP contribution >= 0.6 is 11.6 Å². The highest BCUT2D eigenvalue weighted by molar-refractivity contribution is 6.30. The molecule has 0 atom stereocenters. The van der Waals surface area contributed by atoms with E-state index in [9.17, 15) is 4.39 Å². The molecular weight excluding hydrogens is 205 g/mol. The van der Waals surface area contributed by atoms with E-state index < -0.39 is 0 Å². The topological polar surface area (TPSA) is 23.5 Å². The Kier molecular flexibility index (Phi) is 4.32. The molecule has 0 aliphatic rings. The fourth-order valence-corrected chi connectivity index (χ4v) is 1.41. The molecule has 14 heavy (non-hydrogen) atoms. The van der Waals surface area contributed by atoms with Crippen molar-refractivity contribution in [3.63, 3.8) is 0 Å².